The number of nitrogens with zero attached hydrogens (tertiary/aromatic N) is 3. The zero-order chi connectivity index (χ0) is 30.8. The van der Waals surface area contributed by atoms with Crippen molar-refractivity contribution >= 4 is 40.7 Å². The van der Waals surface area contributed by atoms with Gasteiger partial charge in [0, 0.05) is 33.9 Å². The molecule has 2 aromatic carbocycles. The summed E-state index contributed by atoms with van der Waals surface area (Å²) in [5.74, 6) is 0.684. The molecule has 12 heteroatoms. The predicted molar refractivity (Wildman–Crippen MR) is 163 cm³/mol. The van der Waals surface area contributed by atoms with Crippen LogP contribution in [0.5, 0.6) is 5.75 Å². The maximum Gasteiger partial charge on any atom is 0.338 e. The minimum Gasteiger partial charge on any atom is -0.496 e. The Labute approximate surface area is 255 Å². The summed E-state index contributed by atoms with van der Waals surface area (Å²) >= 11 is 7.56. The standard InChI is InChI=1S/C31H28ClN3O7S/c1-5-8-22-27(30(37)41-6-2)28(21-15-18(32)11-13-24(21)40-4)34-29(36)26(43-31(34)33-22)16-19-12-14-25(42-19)20-9-7-10-23(17(20)3)35(38)39/h7,9-16,28H,5-6,8H2,1-4H3/b26-16+/t28-/m1/s1. The molecule has 1 aliphatic rings. The Bertz CT molecular complexity index is 1950. The van der Waals surface area contributed by atoms with Crippen LogP contribution in [0.4, 0.5) is 5.69 Å². The van der Waals surface area contributed by atoms with Gasteiger partial charge in [0.05, 0.1) is 34.4 Å². The van der Waals surface area contributed by atoms with E-state index in [9.17, 15) is 19.7 Å². The molecular formula is C31H28ClN3O7S. The summed E-state index contributed by atoms with van der Waals surface area (Å²) in [5, 5.41) is 11.8. The van der Waals surface area contributed by atoms with E-state index in [4.69, 9.17) is 30.5 Å². The smallest absolute Gasteiger partial charge is 0.338 e. The molecule has 5 rings (SSSR count). The quantitative estimate of drug-likeness (QED) is 0.133. The first-order chi connectivity index (χ1) is 20.7. The molecule has 0 radical (unpaired) electrons. The van der Waals surface area contributed by atoms with Crippen molar-refractivity contribution < 1.29 is 23.6 Å². The van der Waals surface area contributed by atoms with E-state index in [-0.39, 0.29) is 17.9 Å². The number of methoxy groups -OCH3 is 1. The number of nitro groups is 1. The van der Waals surface area contributed by atoms with Crippen molar-refractivity contribution in [2.24, 2.45) is 4.99 Å². The molecule has 0 N–H and O–H groups in total. The van der Waals surface area contributed by atoms with Crippen molar-refractivity contribution in [3.05, 3.63) is 112 Å². The fourth-order valence-electron chi connectivity index (χ4n) is 5.13. The van der Waals surface area contributed by atoms with E-state index >= 15 is 0 Å². The average Bonchev–Trinajstić information content (AvgIpc) is 3.56. The number of esters is 1. The van der Waals surface area contributed by atoms with Gasteiger partial charge in [-0.05, 0) is 50.6 Å². The summed E-state index contributed by atoms with van der Waals surface area (Å²) in [4.78, 5) is 43.6. The number of hydrogen-bond donors (Lipinski definition) is 0. The first-order valence-corrected chi connectivity index (χ1v) is 14.8. The van der Waals surface area contributed by atoms with Gasteiger partial charge in [-0.1, -0.05) is 48.4 Å². The highest BCUT2D eigenvalue weighted by Gasteiger charge is 2.36. The molecule has 0 saturated heterocycles. The highest BCUT2D eigenvalue weighted by Crippen LogP contribution is 2.38. The molecule has 0 spiro atoms. The highest BCUT2D eigenvalue weighted by molar-refractivity contribution is 7.07. The van der Waals surface area contributed by atoms with Crippen molar-refractivity contribution in [2.75, 3.05) is 13.7 Å². The summed E-state index contributed by atoms with van der Waals surface area (Å²) in [6.07, 6.45) is 2.80. The molecule has 0 saturated carbocycles. The number of allylic oxidation sites excluding steroid dienone is 1. The van der Waals surface area contributed by atoms with Crippen molar-refractivity contribution in [1.29, 1.82) is 0 Å². The Morgan fingerprint density at radius 1 is 1.23 bits per heavy atom. The molecule has 4 aromatic rings. The Hall–Kier alpha value is -4.48. The topological polar surface area (TPSA) is 126 Å². The van der Waals surface area contributed by atoms with Crippen molar-refractivity contribution in [1.82, 2.24) is 4.57 Å². The summed E-state index contributed by atoms with van der Waals surface area (Å²) < 4.78 is 18.9. The van der Waals surface area contributed by atoms with Crippen LogP contribution in [0, 0.1) is 17.0 Å². The molecule has 0 bridgehead atoms. The first-order valence-electron chi connectivity index (χ1n) is 13.6. The van der Waals surface area contributed by atoms with Gasteiger partial charge in [-0.15, -0.1) is 0 Å². The van der Waals surface area contributed by atoms with E-state index in [2.05, 4.69) is 0 Å². The first kappa shape index (κ1) is 30.0. The van der Waals surface area contributed by atoms with Crippen LogP contribution in [-0.4, -0.2) is 29.2 Å². The third-order valence-electron chi connectivity index (χ3n) is 7.05. The second-order valence-electron chi connectivity index (χ2n) is 9.71. The fraction of sp³-hybridized carbons (Fsp3) is 0.258. The Morgan fingerprint density at radius 2 is 2.02 bits per heavy atom. The van der Waals surface area contributed by atoms with E-state index in [1.54, 1.807) is 62.4 Å². The number of fused-ring (bicyclic) bond motifs is 1. The lowest BCUT2D eigenvalue weighted by Crippen LogP contribution is -2.40. The minimum absolute atomic E-state index is 0.0134. The van der Waals surface area contributed by atoms with Gasteiger partial charge in [0.15, 0.2) is 4.80 Å². The summed E-state index contributed by atoms with van der Waals surface area (Å²) in [6, 6.07) is 12.3. The average molecular weight is 622 g/mol. The number of furan rings is 1. The molecular weight excluding hydrogens is 594 g/mol. The Morgan fingerprint density at radius 3 is 2.72 bits per heavy atom. The van der Waals surface area contributed by atoms with E-state index in [0.717, 1.165) is 11.3 Å². The Kier molecular flexibility index (Phi) is 8.65. The van der Waals surface area contributed by atoms with Crippen LogP contribution in [0.25, 0.3) is 17.4 Å². The van der Waals surface area contributed by atoms with Gasteiger partial charge in [0.1, 0.15) is 23.3 Å². The molecule has 2 aromatic heterocycles. The van der Waals surface area contributed by atoms with Gasteiger partial charge in [-0.2, -0.15) is 0 Å². The fourth-order valence-corrected chi connectivity index (χ4v) is 6.31. The monoisotopic (exact) mass is 621 g/mol. The second kappa shape index (κ2) is 12.4. The number of benzene rings is 2. The molecule has 0 unspecified atom stereocenters. The molecule has 43 heavy (non-hydrogen) atoms. The lowest BCUT2D eigenvalue weighted by Gasteiger charge is -2.27. The highest BCUT2D eigenvalue weighted by atomic mass is 35.5. The van der Waals surface area contributed by atoms with Crippen LogP contribution >= 0.6 is 22.9 Å². The van der Waals surface area contributed by atoms with Crippen LogP contribution in [0.3, 0.4) is 0 Å². The van der Waals surface area contributed by atoms with E-state index < -0.39 is 22.5 Å². The molecule has 3 heterocycles. The van der Waals surface area contributed by atoms with Crippen molar-refractivity contribution in [3.8, 4) is 17.1 Å². The number of aromatic nitrogens is 1. The third-order valence-corrected chi connectivity index (χ3v) is 8.26. The number of hydrogen-bond acceptors (Lipinski definition) is 9. The number of halogens is 1. The predicted octanol–water partition coefficient (Wildman–Crippen LogP) is 5.72. The summed E-state index contributed by atoms with van der Waals surface area (Å²) in [5.41, 5.74) is 1.95. The number of thiazole rings is 1. The zero-order valence-electron chi connectivity index (χ0n) is 23.9. The molecule has 1 atom stereocenters. The third kappa shape index (κ3) is 5.65. The lowest BCUT2D eigenvalue weighted by atomic mass is 9.93. The van der Waals surface area contributed by atoms with Gasteiger partial charge in [0.25, 0.3) is 11.2 Å². The van der Waals surface area contributed by atoms with E-state index in [0.29, 0.717) is 66.9 Å². The Balaban J connectivity index is 1.70. The molecule has 1 aliphatic heterocycles. The normalized spacial score (nSPS) is 14.8. The van der Waals surface area contributed by atoms with Gasteiger partial charge in [-0.3, -0.25) is 19.5 Å². The maximum atomic E-state index is 14.0. The second-order valence-corrected chi connectivity index (χ2v) is 11.2. The van der Waals surface area contributed by atoms with Crippen LogP contribution in [0.1, 0.15) is 49.6 Å². The van der Waals surface area contributed by atoms with Gasteiger partial charge in [-0.25, -0.2) is 9.79 Å². The number of rotatable bonds is 9. The SMILES string of the molecule is CCCC1=C(C(=O)OCC)[C@@H](c2cc(Cl)ccc2OC)n2c(s/c(=C/c3ccc(-c4cccc([N+](=O)[O-])c4C)o3)c2=O)=N1. The maximum absolute atomic E-state index is 14.0. The molecule has 10 nitrogen and oxygen atoms in total. The van der Waals surface area contributed by atoms with Crippen molar-refractivity contribution in [3.63, 3.8) is 0 Å². The van der Waals surface area contributed by atoms with Crippen LogP contribution in [-0.2, 0) is 9.53 Å². The van der Waals surface area contributed by atoms with E-state index in [1.165, 1.54) is 17.7 Å². The lowest BCUT2D eigenvalue weighted by molar-refractivity contribution is -0.385. The van der Waals surface area contributed by atoms with Crippen molar-refractivity contribution in [2.45, 2.75) is 39.7 Å². The van der Waals surface area contributed by atoms with E-state index in [1.807, 2.05) is 6.92 Å². The van der Waals surface area contributed by atoms with Gasteiger partial charge >= 0.3 is 5.97 Å². The zero-order valence-corrected chi connectivity index (χ0v) is 25.5. The number of carbonyl (C=O) groups excluding carboxylic acids is 1. The molecule has 222 valence electrons. The number of nitro benzene ring substituents is 1. The van der Waals surface area contributed by atoms with Gasteiger partial charge < -0.3 is 13.9 Å². The van der Waals surface area contributed by atoms with Gasteiger partial charge in [0.2, 0.25) is 0 Å². The van der Waals surface area contributed by atoms with Crippen LogP contribution in [0.15, 0.2) is 74.0 Å². The summed E-state index contributed by atoms with van der Waals surface area (Å²) in [7, 11) is 1.51. The number of carbonyl (C=O) groups is 1. The number of ether oxygens (including phenoxy) is 2. The summed E-state index contributed by atoms with van der Waals surface area (Å²) in [6.45, 7) is 5.51. The van der Waals surface area contributed by atoms with Crippen LogP contribution in [0.2, 0.25) is 5.02 Å². The molecule has 0 aliphatic carbocycles. The molecule has 0 fully saturated rings. The molecule has 0 amide bonds. The van der Waals surface area contributed by atoms with Crippen LogP contribution < -0.4 is 19.6 Å². The minimum atomic E-state index is -0.896. The largest absolute Gasteiger partial charge is 0.496 e.